The lowest BCUT2D eigenvalue weighted by molar-refractivity contribution is 0.0633. The molecule has 0 saturated carbocycles. The number of hydrogen-bond acceptors (Lipinski definition) is 4. The van der Waals surface area contributed by atoms with Gasteiger partial charge in [0.05, 0.1) is 11.4 Å². The summed E-state index contributed by atoms with van der Waals surface area (Å²) in [7, 11) is 1.65. The molecule has 0 bridgehead atoms. The van der Waals surface area contributed by atoms with Crippen LogP contribution in [0.2, 0.25) is 0 Å². The van der Waals surface area contributed by atoms with Gasteiger partial charge in [-0.25, -0.2) is 9.59 Å². The molecule has 0 aliphatic carbocycles. The second kappa shape index (κ2) is 6.71. The van der Waals surface area contributed by atoms with Crippen LogP contribution in [0.1, 0.15) is 41.7 Å². The molecule has 2 aromatic heterocycles. The normalized spacial score (nSPS) is 11.0. The molecule has 2 rings (SSSR count). The summed E-state index contributed by atoms with van der Waals surface area (Å²) in [6.45, 7) is 5.25. The molecule has 0 aromatic carbocycles. The third-order valence-electron chi connectivity index (χ3n) is 3.05. The Bertz CT molecular complexity index is 813. The minimum atomic E-state index is -1.12. The van der Waals surface area contributed by atoms with Gasteiger partial charge in [-0.05, 0) is 32.9 Å². The highest BCUT2D eigenvalue weighted by Crippen LogP contribution is 2.17. The molecule has 0 aliphatic rings. The fourth-order valence-corrected chi connectivity index (χ4v) is 2.07. The molecular weight excluding hydrogens is 328 g/mol. The summed E-state index contributed by atoms with van der Waals surface area (Å²) in [4.78, 5) is 37.4. The first-order chi connectivity index (χ1) is 11.5. The topological polar surface area (TPSA) is 125 Å². The van der Waals surface area contributed by atoms with E-state index in [0.717, 1.165) is 0 Å². The van der Waals surface area contributed by atoms with E-state index in [0.29, 0.717) is 11.4 Å². The van der Waals surface area contributed by atoms with Gasteiger partial charge in [0.2, 0.25) is 0 Å². The van der Waals surface area contributed by atoms with Crippen molar-refractivity contribution in [3.05, 3.63) is 35.9 Å². The summed E-state index contributed by atoms with van der Waals surface area (Å²) in [6.07, 6.45) is 2.32. The van der Waals surface area contributed by atoms with Crippen LogP contribution in [0.15, 0.2) is 24.5 Å². The Morgan fingerprint density at radius 2 is 1.84 bits per heavy atom. The Balaban J connectivity index is 2.06. The van der Waals surface area contributed by atoms with Crippen LogP contribution in [-0.4, -0.2) is 38.2 Å². The lowest BCUT2D eigenvalue weighted by Crippen LogP contribution is -2.27. The monoisotopic (exact) mass is 348 g/mol. The second-order valence-corrected chi connectivity index (χ2v) is 6.41. The van der Waals surface area contributed by atoms with Gasteiger partial charge in [0.1, 0.15) is 17.0 Å². The molecule has 0 unspecified atom stereocenters. The van der Waals surface area contributed by atoms with Crippen molar-refractivity contribution >= 4 is 29.3 Å². The quantitative estimate of drug-likeness (QED) is 0.676. The summed E-state index contributed by atoms with van der Waals surface area (Å²) in [6, 6.07) is 2.80. The standard InChI is InChI=1S/C16H20N4O5/c1-16(2,3)25-15(24)19-10-6-12(20(4)8-10)13(21)18-9-5-11(14(22)23)17-7-9/h5-8,17H,1-4H3,(H,18,21)(H,19,24)(H,22,23). The first-order valence-corrected chi connectivity index (χ1v) is 7.44. The zero-order valence-corrected chi connectivity index (χ0v) is 14.3. The average molecular weight is 348 g/mol. The van der Waals surface area contributed by atoms with Crippen LogP contribution >= 0.6 is 0 Å². The number of aromatic amines is 1. The molecular formula is C16H20N4O5. The smallest absolute Gasteiger partial charge is 0.412 e. The number of nitrogens with one attached hydrogen (secondary N) is 3. The van der Waals surface area contributed by atoms with Crippen LogP contribution in [-0.2, 0) is 11.8 Å². The molecule has 9 nitrogen and oxygen atoms in total. The number of carboxylic acid groups (broad SMARTS) is 1. The molecule has 2 heterocycles. The van der Waals surface area contributed by atoms with Gasteiger partial charge in [-0.3, -0.25) is 10.1 Å². The largest absolute Gasteiger partial charge is 0.477 e. The molecule has 9 heteroatoms. The highest BCUT2D eigenvalue weighted by molar-refractivity contribution is 6.04. The molecule has 2 amide bonds. The van der Waals surface area contributed by atoms with Crippen LogP contribution in [0, 0.1) is 0 Å². The summed E-state index contributed by atoms with van der Waals surface area (Å²) < 4.78 is 6.69. The second-order valence-electron chi connectivity index (χ2n) is 6.41. The zero-order chi connectivity index (χ0) is 18.8. The van der Waals surface area contributed by atoms with Gasteiger partial charge in [0, 0.05) is 19.4 Å². The van der Waals surface area contributed by atoms with E-state index in [1.165, 1.54) is 22.9 Å². The maximum Gasteiger partial charge on any atom is 0.412 e. The first-order valence-electron chi connectivity index (χ1n) is 7.44. The molecule has 0 spiro atoms. The first kappa shape index (κ1) is 18.1. The SMILES string of the molecule is Cn1cc(NC(=O)OC(C)(C)C)cc1C(=O)Nc1c[nH]c(C(=O)O)c1. The number of carboxylic acids is 1. The van der Waals surface area contributed by atoms with E-state index in [-0.39, 0.29) is 11.4 Å². The fraction of sp³-hybridized carbons (Fsp3) is 0.312. The summed E-state index contributed by atoms with van der Waals surface area (Å²) in [5, 5.41) is 14.0. The number of amides is 2. The Hall–Kier alpha value is -3.23. The number of H-pyrrole nitrogens is 1. The van der Waals surface area contributed by atoms with Crippen molar-refractivity contribution < 1.29 is 24.2 Å². The number of ether oxygens (including phenoxy) is 1. The van der Waals surface area contributed by atoms with Crippen LogP contribution < -0.4 is 10.6 Å². The van der Waals surface area contributed by atoms with Crippen molar-refractivity contribution in [3.63, 3.8) is 0 Å². The number of carbonyl (C=O) groups is 3. The molecule has 4 N–H and O–H groups in total. The van der Waals surface area contributed by atoms with E-state index in [1.54, 1.807) is 34.0 Å². The Morgan fingerprint density at radius 3 is 2.40 bits per heavy atom. The van der Waals surface area contributed by atoms with E-state index in [1.807, 2.05) is 0 Å². The van der Waals surface area contributed by atoms with Gasteiger partial charge in [0.25, 0.3) is 5.91 Å². The van der Waals surface area contributed by atoms with Crippen LogP contribution in [0.5, 0.6) is 0 Å². The Labute approximate surface area is 144 Å². The third kappa shape index (κ3) is 4.87. The number of aryl methyl sites for hydroxylation is 1. The van der Waals surface area contributed by atoms with Gasteiger partial charge >= 0.3 is 12.1 Å². The maximum absolute atomic E-state index is 12.3. The molecule has 0 radical (unpaired) electrons. The molecule has 0 fully saturated rings. The number of carbonyl (C=O) groups excluding carboxylic acids is 2. The van der Waals surface area contributed by atoms with Crippen LogP contribution in [0.3, 0.4) is 0 Å². The van der Waals surface area contributed by atoms with E-state index >= 15 is 0 Å². The number of hydrogen-bond donors (Lipinski definition) is 4. The van der Waals surface area contributed by atoms with Gasteiger partial charge < -0.3 is 24.7 Å². The lowest BCUT2D eigenvalue weighted by Gasteiger charge is -2.19. The number of rotatable bonds is 4. The highest BCUT2D eigenvalue weighted by atomic mass is 16.6. The zero-order valence-electron chi connectivity index (χ0n) is 14.3. The number of aromatic nitrogens is 2. The fourth-order valence-electron chi connectivity index (χ4n) is 2.07. The molecule has 0 atom stereocenters. The molecule has 2 aromatic rings. The van der Waals surface area contributed by atoms with E-state index < -0.39 is 23.6 Å². The predicted molar refractivity (Wildman–Crippen MR) is 91.0 cm³/mol. The van der Waals surface area contributed by atoms with E-state index in [2.05, 4.69) is 15.6 Å². The molecule has 25 heavy (non-hydrogen) atoms. The van der Waals surface area contributed by atoms with Crippen LogP contribution in [0.4, 0.5) is 16.2 Å². The summed E-state index contributed by atoms with van der Waals surface area (Å²) in [5.41, 5.74) is 0.348. The maximum atomic E-state index is 12.3. The summed E-state index contributed by atoms with van der Waals surface area (Å²) >= 11 is 0. The average Bonchev–Trinajstić information content (AvgIpc) is 3.03. The van der Waals surface area contributed by atoms with Gasteiger partial charge in [-0.1, -0.05) is 0 Å². The van der Waals surface area contributed by atoms with Gasteiger partial charge in [-0.2, -0.15) is 0 Å². The van der Waals surface area contributed by atoms with Crippen molar-refractivity contribution in [1.82, 2.24) is 9.55 Å². The van der Waals surface area contributed by atoms with Crippen molar-refractivity contribution in [2.45, 2.75) is 26.4 Å². The van der Waals surface area contributed by atoms with Crippen molar-refractivity contribution in [3.8, 4) is 0 Å². The molecule has 0 saturated heterocycles. The minimum absolute atomic E-state index is 0.0329. The van der Waals surface area contributed by atoms with Crippen molar-refractivity contribution in [2.24, 2.45) is 7.05 Å². The van der Waals surface area contributed by atoms with Crippen LogP contribution in [0.25, 0.3) is 0 Å². The number of nitrogens with zero attached hydrogens (tertiary/aromatic N) is 1. The Kier molecular flexibility index (Phi) is 4.87. The number of anilines is 2. The number of aromatic carboxylic acids is 1. The van der Waals surface area contributed by atoms with Crippen molar-refractivity contribution in [2.75, 3.05) is 10.6 Å². The van der Waals surface area contributed by atoms with E-state index in [9.17, 15) is 14.4 Å². The highest BCUT2D eigenvalue weighted by Gasteiger charge is 2.18. The Morgan fingerprint density at radius 1 is 1.16 bits per heavy atom. The summed E-state index contributed by atoms with van der Waals surface area (Å²) in [5.74, 6) is -1.57. The lowest BCUT2D eigenvalue weighted by atomic mass is 10.2. The van der Waals surface area contributed by atoms with Gasteiger partial charge in [0.15, 0.2) is 0 Å². The molecule has 0 aliphatic heterocycles. The van der Waals surface area contributed by atoms with E-state index in [4.69, 9.17) is 9.84 Å². The third-order valence-corrected chi connectivity index (χ3v) is 3.05. The molecule has 134 valence electrons. The predicted octanol–water partition coefficient (Wildman–Crippen LogP) is 2.65. The minimum Gasteiger partial charge on any atom is -0.477 e. The van der Waals surface area contributed by atoms with Crippen molar-refractivity contribution in [1.29, 1.82) is 0 Å². The van der Waals surface area contributed by atoms with Gasteiger partial charge in [-0.15, -0.1) is 0 Å².